The van der Waals surface area contributed by atoms with Crippen LogP contribution in [0.25, 0.3) is 10.2 Å². The zero-order valence-electron chi connectivity index (χ0n) is 15.1. The molecule has 1 unspecified atom stereocenters. The number of aryl methyl sites for hydroxylation is 1. The number of thiazole rings is 1. The second-order valence-corrected chi connectivity index (χ2v) is 7.72. The summed E-state index contributed by atoms with van der Waals surface area (Å²) < 4.78 is 6.37. The Kier molecular flexibility index (Phi) is 4.53. The maximum Gasteiger partial charge on any atom is 0.229 e. The summed E-state index contributed by atoms with van der Waals surface area (Å²) in [5.41, 5.74) is 2.34. The Balaban J connectivity index is 1.50. The van der Waals surface area contributed by atoms with Gasteiger partial charge in [0.2, 0.25) is 11.8 Å². The normalized spacial score (nSPS) is 16.7. The van der Waals surface area contributed by atoms with Crippen LogP contribution < -0.4 is 15.0 Å². The molecule has 0 aliphatic carbocycles. The molecular weight excluding hydrogens is 362 g/mol. The van der Waals surface area contributed by atoms with Crippen molar-refractivity contribution in [2.24, 2.45) is 5.92 Å². The number of methoxy groups -OCH3 is 1. The van der Waals surface area contributed by atoms with Crippen molar-refractivity contribution >= 4 is 44.7 Å². The smallest absolute Gasteiger partial charge is 0.229 e. The first-order valence-electron chi connectivity index (χ1n) is 8.66. The third-order valence-electron chi connectivity index (χ3n) is 4.63. The number of aromatic nitrogens is 1. The van der Waals surface area contributed by atoms with Crippen molar-refractivity contribution in [2.75, 3.05) is 23.9 Å². The molecule has 138 valence electrons. The number of para-hydroxylation sites is 2. The number of benzene rings is 2. The largest absolute Gasteiger partial charge is 0.495 e. The van der Waals surface area contributed by atoms with Crippen molar-refractivity contribution in [2.45, 2.75) is 13.3 Å². The number of ether oxygens (including phenoxy) is 1. The Bertz CT molecular complexity index is 1030. The van der Waals surface area contributed by atoms with Gasteiger partial charge in [0.15, 0.2) is 0 Å². The maximum atomic E-state index is 12.7. The third-order valence-corrected chi connectivity index (χ3v) is 5.57. The summed E-state index contributed by atoms with van der Waals surface area (Å²) >= 11 is 1.59. The number of hydrogen-bond donors (Lipinski definition) is 1. The lowest BCUT2D eigenvalue weighted by Crippen LogP contribution is -2.28. The molecular formula is C20H19N3O3S. The van der Waals surface area contributed by atoms with E-state index in [1.165, 1.54) is 0 Å². The van der Waals surface area contributed by atoms with Crippen molar-refractivity contribution in [1.82, 2.24) is 4.98 Å². The van der Waals surface area contributed by atoms with E-state index < -0.39 is 5.92 Å². The Morgan fingerprint density at radius 1 is 1.30 bits per heavy atom. The highest BCUT2D eigenvalue weighted by molar-refractivity contribution is 7.18. The number of fused-ring (bicyclic) bond motifs is 1. The number of nitrogens with zero attached hydrogens (tertiary/aromatic N) is 2. The van der Waals surface area contributed by atoms with Crippen LogP contribution in [0.2, 0.25) is 0 Å². The second-order valence-electron chi connectivity index (χ2n) is 6.48. The Morgan fingerprint density at radius 3 is 2.93 bits per heavy atom. The Morgan fingerprint density at radius 2 is 2.11 bits per heavy atom. The molecule has 1 aliphatic rings. The fourth-order valence-electron chi connectivity index (χ4n) is 3.33. The molecule has 1 aromatic heterocycles. The predicted molar refractivity (Wildman–Crippen MR) is 106 cm³/mol. The van der Waals surface area contributed by atoms with Crippen molar-refractivity contribution in [3.63, 3.8) is 0 Å². The van der Waals surface area contributed by atoms with Crippen LogP contribution in [-0.2, 0) is 9.59 Å². The lowest BCUT2D eigenvalue weighted by Gasteiger charge is -2.19. The van der Waals surface area contributed by atoms with E-state index in [1.54, 1.807) is 23.3 Å². The van der Waals surface area contributed by atoms with Crippen molar-refractivity contribution in [1.29, 1.82) is 0 Å². The van der Waals surface area contributed by atoms with Crippen LogP contribution in [0.3, 0.4) is 0 Å². The molecule has 0 saturated carbocycles. The molecule has 7 heteroatoms. The van der Waals surface area contributed by atoms with Crippen molar-refractivity contribution in [3.05, 3.63) is 47.5 Å². The molecule has 4 rings (SSSR count). The van der Waals surface area contributed by atoms with E-state index in [4.69, 9.17) is 4.74 Å². The van der Waals surface area contributed by atoms with E-state index in [9.17, 15) is 9.59 Å². The van der Waals surface area contributed by atoms with Gasteiger partial charge < -0.3 is 15.0 Å². The molecule has 2 amide bonds. The highest BCUT2D eigenvalue weighted by Crippen LogP contribution is 2.33. The van der Waals surface area contributed by atoms with E-state index in [1.807, 2.05) is 49.4 Å². The molecule has 2 heterocycles. The topological polar surface area (TPSA) is 71.5 Å². The first kappa shape index (κ1) is 17.5. The molecule has 0 spiro atoms. The molecule has 0 radical (unpaired) electrons. The summed E-state index contributed by atoms with van der Waals surface area (Å²) in [6.07, 6.45) is 0.186. The summed E-state index contributed by atoms with van der Waals surface area (Å²) in [5.74, 6) is -0.00579. The van der Waals surface area contributed by atoms with Crippen LogP contribution >= 0.6 is 11.3 Å². The third kappa shape index (κ3) is 3.38. The van der Waals surface area contributed by atoms with Crippen LogP contribution in [0.15, 0.2) is 42.5 Å². The van der Waals surface area contributed by atoms with Gasteiger partial charge in [0.05, 0.1) is 33.9 Å². The predicted octanol–water partition coefficient (Wildman–Crippen LogP) is 3.60. The molecule has 1 aliphatic heterocycles. The van der Waals surface area contributed by atoms with Gasteiger partial charge in [0.1, 0.15) is 5.75 Å². The fraction of sp³-hybridized carbons (Fsp3) is 0.250. The summed E-state index contributed by atoms with van der Waals surface area (Å²) in [5, 5.41) is 3.92. The summed E-state index contributed by atoms with van der Waals surface area (Å²) in [6, 6.07) is 13.0. The lowest BCUT2D eigenvalue weighted by atomic mass is 10.1. The number of rotatable bonds is 4. The van der Waals surface area contributed by atoms with Crippen LogP contribution in [0.5, 0.6) is 5.75 Å². The minimum absolute atomic E-state index is 0.0758. The van der Waals surface area contributed by atoms with Gasteiger partial charge >= 0.3 is 0 Å². The van der Waals surface area contributed by atoms with E-state index >= 15 is 0 Å². The quantitative estimate of drug-likeness (QED) is 0.749. The number of hydrogen-bond acceptors (Lipinski definition) is 5. The van der Waals surface area contributed by atoms with Crippen LogP contribution in [0.4, 0.5) is 11.4 Å². The van der Waals surface area contributed by atoms with Gasteiger partial charge in [-0.1, -0.05) is 12.1 Å². The Hall–Kier alpha value is -2.93. The zero-order valence-corrected chi connectivity index (χ0v) is 15.9. The molecule has 0 bridgehead atoms. The van der Waals surface area contributed by atoms with E-state index in [0.29, 0.717) is 18.0 Å². The van der Waals surface area contributed by atoms with Crippen molar-refractivity contribution in [3.8, 4) is 5.75 Å². The highest BCUT2D eigenvalue weighted by Gasteiger charge is 2.36. The van der Waals surface area contributed by atoms with E-state index in [-0.39, 0.29) is 18.2 Å². The zero-order chi connectivity index (χ0) is 19.0. The molecule has 1 saturated heterocycles. The minimum Gasteiger partial charge on any atom is -0.495 e. The second kappa shape index (κ2) is 7.00. The molecule has 2 aromatic carbocycles. The van der Waals surface area contributed by atoms with Crippen LogP contribution in [0.1, 0.15) is 11.4 Å². The number of carbonyl (C=O) groups excluding carboxylic acids is 2. The first-order chi connectivity index (χ1) is 13.0. The Labute approximate surface area is 160 Å². The summed E-state index contributed by atoms with van der Waals surface area (Å²) in [6.45, 7) is 2.30. The SMILES string of the molecule is COc1ccccc1N1CC(C(=O)Nc2ccc3nc(C)sc3c2)CC1=O. The van der Waals surface area contributed by atoms with Gasteiger partial charge in [-0.05, 0) is 37.3 Å². The van der Waals surface area contributed by atoms with Crippen LogP contribution in [-0.4, -0.2) is 30.5 Å². The van der Waals surface area contributed by atoms with E-state index in [2.05, 4.69) is 10.3 Å². The highest BCUT2D eigenvalue weighted by atomic mass is 32.1. The number of amides is 2. The van der Waals surface area contributed by atoms with Gasteiger partial charge in [-0.3, -0.25) is 9.59 Å². The number of nitrogens with one attached hydrogen (secondary N) is 1. The molecule has 6 nitrogen and oxygen atoms in total. The monoisotopic (exact) mass is 381 g/mol. The molecule has 1 N–H and O–H groups in total. The van der Waals surface area contributed by atoms with Gasteiger partial charge in [-0.2, -0.15) is 0 Å². The molecule has 1 fully saturated rings. The summed E-state index contributed by atoms with van der Waals surface area (Å²) in [7, 11) is 1.57. The average molecular weight is 381 g/mol. The molecule has 27 heavy (non-hydrogen) atoms. The van der Waals surface area contributed by atoms with Gasteiger partial charge in [-0.15, -0.1) is 11.3 Å². The fourth-order valence-corrected chi connectivity index (χ4v) is 4.20. The van der Waals surface area contributed by atoms with Gasteiger partial charge in [0.25, 0.3) is 0 Å². The summed E-state index contributed by atoms with van der Waals surface area (Å²) in [4.78, 5) is 31.2. The first-order valence-corrected chi connectivity index (χ1v) is 9.48. The van der Waals surface area contributed by atoms with Crippen molar-refractivity contribution < 1.29 is 14.3 Å². The van der Waals surface area contributed by atoms with E-state index in [0.717, 1.165) is 20.9 Å². The standard InChI is InChI=1S/C20H19N3O3S/c1-12-21-15-8-7-14(10-18(15)27-12)22-20(25)13-9-19(24)23(11-13)16-5-3-4-6-17(16)26-2/h3-8,10,13H,9,11H2,1-2H3,(H,22,25). The van der Waals surface area contributed by atoms with Crippen LogP contribution in [0, 0.1) is 12.8 Å². The maximum absolute atomic E-state index is 12.7. The minimum atomic E-state index is -0.402. The van der Waals surface area contributed by atoms with Gasteiger partial charge in [0, 0.05) is 18.7 Å². The van der Waals surface area contributed by atoms with Gasteiger partial charge in [-0.25, -0.2) is 4.98 Å². The number of anilines is 2. The molecule has 3 aromatic rings. The average Bonchev–Trinajstić information content (AvgIpc) is 3.23. The number of carbonyl (C=O) groups is 2. The molecule has 1 atom stereocenters. The lowest BCUT2D eigenvalue weighted by molar-refractivity contribution is -0.122.